The predicted molar refractivity (Wildman–Crippen MR) is 43.2 cm³/mol. The summed E-state index contributed by atoms with van der Waals surface area (Å²) < 4.78 is 5.28. The monoisotopic (exact) mass is 152 g/mol. The maximum absolute atomic E-state index is 9.41. The Kier molecular flexibility index (Phi) is 3.64. The first-order valence-electron chi connectivity index (χ1n) is 3.38. The van der Waals surface area contributed by atoms with Gasteiger partial charge in [0.05, 0.1) is 0 Å². The normalized spacial score (nSPS) is 14.4. The molecule has 0 aliphatic rings. The van der Waals surface area contributed by atoms with E-state index < -0.39 is 7.72 Å². The molecule has 0 aromatic heterocycles. The molecular formula is C6H17O2P. The van der Waals surface area contributed by atoms with E-state index in [1.54, 1.807) is 0 Å². The van der Waals surface area contributed by atoms with Gasteiger partial charge in [-0.2, -0.15) is 0 Å². The van der Waals surface area contributed by atoms with E-state index in [1.165, 1.54) is 0 Å². The van der Waals surface area contributed by atoms with Crippen LogP contribution in [0.15, 0.2) is 0 Å². The van der Waals surface area contributed by atoms with Gasteiger partial charge in [-0.15, -0.1) is 0 Å². The van der Waals surface area contributed by atoms with Crippen molar-refractivity contribution in [3.63, 3.8) is 0 Å². The Hall–Kier alpha value is 0.350. The van der Waals surface area contributed by atoms with Crippen LogP contribution in [0.4, 0.5) is 0 Å². The van der Waals surface area contributed by atoms with Crippen molar-refractivity contribution in [2.24, 2.45) is 0 Å². The van der Waals surface area contributed by atoms with Gasteiger partial charge in [-0.05, 0) is 0 Å². The summed E-state index contributed by atoms with van der Waals surface area (Å²) in [6, 6.07) is 0. The molecule has 0 saturated heterocycles. The number of rotatable bonds is 3. The summed E-state index contributed by atoms with van der Waals surface area (Å²) in [4.78, 5) is 9.41. The van der Waals surface area contributed by atoms with Gasteiger partial charge in [0.15, 0.2) is 0 Å². The van der Waals surface area contributed by atoms with Crippen molar-refractivity contribution in [1.82, 2.24) is 0 Å². The topological polar surface area (TPSA) is 29.5 Å². The molecule has 0 saturated carbocycles. The van der Waals surface area contributed by atoms with E-state index in [2.05, 4.69) is 0 Å². The van der Waals surface area contributed by atoms with Crippen LogP contribution in [0.5, 0.6) is 0 Å². The van der Waals surface area contributed by atoms with E-state index in [0.29, 0.717) is 0 Å². The molecule has 3 heteroatoms. The Morgan fingerprint density at radius 1 is 1.56 bits per heavy atom. The molecule has 0 unspecified atom stereocenters. The molecule has 0 aliphatic carbocycles. The number of hydrogen-bond acceptors (Lipinski definition) is 2. The average Bonchev–Trinajstić information content (AvgIpc) is 1.63. The summed E-state index contributed by atoms with van der Waals surface area (Å²) in [5.41, 5.74) is 0. The zero-order chi connectivity index (χ0) is 7.49. The fourth-order valence-corrected chi connectivity index (χ4v) is 1.77. The van der Waals surface area contributed by atoms with E-state index in [1.807, 2.05) is 27.4 Å². The first kappa shape index (κ1) is 9.35. The second-order valence-corrected chi connectivity index (χ2v) is 5.99. The van der Waals surface area contributed by atoms with E-state index in [0.717, 1.165) is 6.16 Å². The average molecular weight is 152 g/mol. The summed E-state index contributed by atoms with van der Waals surface area (Å²) >= 11 is 0. The Balaban J connectivity index is 3.58. The molecule has 0 fully saturated rings. The van der Waals surface area contributed by atoms with Crippen LogP contribution in [0.1, 0.15) is 20.8 Å². The second kappa shape index (κ2) is 3.50. The molecule has 0 aromatic rings. The number of hydrogen-bond donors (Lipinski definition) is 1. The second-order valence-electron chi connectivity index (χ2n) is 2.70. The first-order valence-corrected chi connectivity index (χ1v) is 5.94. The fourth-order valence-electron chi connectivity index (χ4n) is 0.591. The molecule has 0 rings (SSSR count). The molecule has 0 spiro atoms. The van der Waals surface area contributed by atoms with Crippen LogP contribution in [0.2, 0.25) is 0 Å². The molecule has 0 atom stereocenters. The Morgan fingerprint density at radius 2 is 2.00 bits per heavy atom. The van der Waals surface area contributed by atoms with E-state index >= 15 is 0 Å². The molecule has 9 heavy (non-hydrogen) atoms. The van der Waals surface area contributed by atoms with E-state index in [4.69, 9.17) is 4.52 Å². The zero-order valence-corrected chi connectivity index (χ0v) is 7.64. The quantitative estimate of drug-likeness (QED) is 0.623. The Morgan fingerprint density at radius 3 is 2.11 bits per heavy atom. The third kappa shape index (κ3) is 4.83. The third-order valence-electron chi connectivity index (χ3n) is 1.15. The van der Waals surface area contributed by atoms with Crippen molar-refractivity contribution in [3.05, 3.63) is 0 Å². The van der Waals surface area contributed by atoms with Crippen molar-refractivity contribution in [2.75, 3.05) is 12.8 Å². The van der Waals surface area contributed by atoms with E-state index in [-0.39, 0.29) is 6.10 Å². The maximum atomic E-state index is 9.41. The SMILES string of the molecule is CC[PH](C)(O)OC(C)C. The van der Waals surface area contributed by atoms with Gasteiger partial charge in [0, 0.05) is 0 Å². The molecular weight excluding hydrogens is 135 g/mol. The summed E-state index contributed by atoms with van der Waals surface area (Å²) in [5, 5.41) is 0. The Labute approximate surface area is 57.7 Å². The molecule has 1 N–H and O–H groups in total. The van der Waals surface area contributed by atoms with Crippen LogP contribution in [0, 0.1) is 0 Å². The van der Waals surface area contributed by atoms with Crippen LogP contribution >= 0.6 is 7.72 Å². The molecule has 0 amide bonds. The standard InChI is InChI=1S/C6H17O2P/c1-5-9(4,7)8-6(2)3/h6-7,9H,5H2,1-4H3. The van der Waals surface area contributed by atoms with Gasteiger partial charge in [-0.25, -0.2) is 0 Å². The Bertz CT molecular complexity index is 81.1. The predicted octanol–water partition coefficient (Wildman–Crippen LogP) is 1.63. The van der Waals surface area contributed by atoms with Crippen LogP contribution in [-0.2, 0) is 4.52 Å². The van der Waals surface area contributed by atoms with Crippen LogP contribution < -0.4 is 0 Å². The molecule has 0 heterocycles. The molecule has 58 valence electrons. The van der Waals surface area contributed by atoms with Gasteiger partial charge in [-0.3, -0.25) is 0 Å². The molecule has 0 radical (unpaired) electrons. The first-order chi connectivity index (χ1) is 3.98. The molecule has 0 aromatic carbocycles. The van der Waals surface area contributed by atoms with Crippen molar-refractivity contribution in [2.45, 2.75) is 26.9 Å². The third-order valence-corrected chi connectivity index (χ3v) is 3.44. The van der Waals surface area contributed by atoms with Crippen molar-refractivity contribution in [3.8, 4) is 0 Å². The van der Waals surface area contributed by atoms with Crippen molar-refractivity contribution in [1.29, 1.82) is 0 Å². The summed E-state index contributed by atoms with van der Waals surface area (Å²) in [6.45, 7) is 7.65. The summed E-state index contributed by atoms with van der Waals surface area (Å²) in [7, 11) is -2.24. The van der Waals surface area contributed by atoms with Gasteiger partial charge in [0.1, 0.15) is 0 Å². The van der Waals surface area contributed by atoms with Gasteiger partial charge < -0.3 is 0 Å². The summed E-state index contributed by atoms with van der Waals surface area (Å²) in [6.07, 6.45) is 0.928. The van der Waals surface area contributed by atoms with Gasteiger partial charge >= 0.3 is 56.8 Å². The van der Waals surface area contributed by atoms with Crippen molar-refractivity contribution >= 4 is 7.72 Å². The van der Waals surface area contributed by atoms with E-state index in [9.17, 15) is 4.89 Å². The van der Waals surface area contributed by atoms with Gasteiger partial charge in [-0.1, -0.05) is 0 Å². The molecule has 0 bridgehead atoms. The zero-order valence-electron chi connectivity index (χ0n) is 6.64. The van der Waals surface area contributed by atoms with Crippen LogP contribution in [0.3, 0.4) is 0 Å². The van der Waals surface area contributed by atoms with Crippen molar-refractivity contribution < 1.29 is 9.42 Å². The molecule has 2 nitrogen and oxygen atoms in total. The minimum atomic E-state index is -2.24. The minimum absolute atomic E-state index is 0.159. The molecule has 0 aliphatic heterocycles. The van der Waals surface area contributed by atoms with Crippen LogP contribution in [-0.4, -0.2) is 23.8 Å². The fraction of sp³-hybridized carbons (Fsp3) is 1.00. The van der Waals surface area contributed by atoms with Crippen LogP contribution in [0.25, 0.3) is 0 Å². The summed E-state index contributed by atoms with van der Waals surface area (Å²) in [5.74, 6) is 0. The van der Waals surface area contributed by atoms with Gasteiger partial charge in [0.25, 0.3) is 0 Å². The van der Waals surface area contributed by atoms with Gasteiger partial charge in [0.2, 0.25) is 0 Å².